The molecule has 26 heavy (non-hydrogen) atoms. The fraction of sp³-hybridized carbons (Fsp3) is 0.800. The molecule has 4 bridgehead atoms. The predicted molar refractivity (Wildman–Crippen MR) is 103 cm³/mol. The zero-order valence-electron chi connectivity index (χ0n) is 15.4. The third kappa shape index (κ3) is 3.40. The van der Waals surface area contributed by atoms with Crippen LogP contribution in [0.25, 0.3) is 0 Å². The first-order valence-corrected chi connectivity index (χ1v) is 10.3. The predicted octanol–water partition coefficient (Wildman–Crippen LogP) is 3.03. The highest BCUT2D eigenvalue weighted by atomic mass is 35.5. The van der Waals surface area contributed by atoms with Gasteiger partial charge in [-0.05, 0) is 87.1 Å². The smallest absolute Gasteiger partial charge is 0.271 e. The third-order valence-corrected chi connectivity index (χ3v) is 7.41. The number of rotatable bonds is 4. The second-order valence-electron chi connectivity index (χ2n) is 8.99. The van der Waals surface area contributed by atoms with E-state index in [-0.39, 0.29) is 18.3 Å². The average molecular weight is 379 g/mol. The van der Waals surface area contributed by atoms with E-state index in [0.717, 1.165) is 49.7 Å². The van der Waals surface area contributed by atoms with Gasteiger partial charge in [0, 0.05) is 19.3 Å². The van der Waals surface area contributed by atoms with Gasteiger partial charge in [0.1, 0.15) is 5.69 Å². The van der Waals surface area contributed by atoms with Crippen LogP contribution >= 0.6 is 12.4 Å². The van der Waals surface area contributed by atoms with Gasteiger partial charge in [0.2, 0.25) is 0 Å². The average Bonchev–Trinajstić information content (AvgIpc) is 3.11. The standard InChI is InChI=1S/C20H30N4O.ClH/c25-20(19-3-5-24(23-19)17-2-1-4-21-11-17)22-12-18-15-7-13-6-14(9-15)10-16(18)8-13;/h3,5,13-18,21H,1-2,4,6-12H2,(H,22,25);1H. The van der Waals surface area contributed by atoms with Crippen molar-refractivity contribution in [3.05, 3.63) is 18.0 Å². The Morgan fingerprint density at radius 1 is 1.19 bits per heavy atom. The molecule has 5 nitrogen and oxygen atoms in total. The number of piperidine rings is 1. The molecule has 5 fully saturated rings. The van der Waals surface area contributed by atoms with Gasteiger partial charge in [0.15, 0.2) is 0 Å². The quantitative estimate of drug-likeness (QED) is 0.846. The Kier molecular flexibility index (Phi) is 5.29. The molecule has 1 aliphatic heterocycles. The van der Waals surface area contributed by atoms with Gasteiger partial charge in [-0.15, -0.1) is 12.4 Å². The minimum Gasteiger partial charge on any atom is -0.350 e. The molecule has 0 radical (unpaired) electrons. The maximum atomic E-state index is 12.6. The SMILES string of the molecule is Cl.O=C(NCC1C2CC3CC(C2)CC1C3)c1ccn(C2CCCNC2)n1. The van der Waals surface area contributed by atoms with Crippen molar-refractivity contribution in [3.63, 3.8) is 0 Å². The fourth-order valence-corrected chi connectivity index (χ4v) is 6.39. The zero-order valence-corrected chi connectivity index (χ0v) is 16.2. The van der Waals surface area contributed by atoms with Crippen molar-refractivity contribution in [2.24, 2.45) is 29.6 Å². The molecule has 1 atom stereocenters. The molecule has 0 aromatic carbocycles. The molecule has 1 amide bonds. The summed E-state index contributed by atoms with van der Waals surface area (Å²) >= 11 is 0. The van der Waals surface area contributed by atoms with Crippen molar-refractivity contribution in [1.29, 1.82) is 0 Å². The summed E-state index contributed by atoms with van der Waals surface area (Å²) in [4.78, 5) is 12.6. The van der Waals surface area contributed by atoms with Gasteiger partial charge in [-0.3, -0.25) is 9.48 Å². The van der Waals surface area contributed by atoms with Crippen LogP contribution < -0.4 is 10.6 Å². The van der Waals surface area contributed by atoms with E-state index in [0.29, 0.717) is 17.7 Å². The van der Waals surface area contributed by atoms with Gasteiger partial charge in [-0.2, -0.15) is 5.10 Å². The molecule has 4 saturated carbocycles. The minimum atomic E-state index is 0. The van der Waals surface area contributed by atoms with Crippen LogP contribution in [0.1, 0.15) is 61.5 Å². The lowest BCUT2D eigenvalue weighted by molar-refractivity contribution is -0.0347. The van der Waals surface area contributed by atoms with Gasteiger partial charge in [-0.1, -0.05) is 0 Å². The van der Waals surface area contributed by atoms with Crippen LogP contribution in [0.4, 0.5) is 0 Å². The summed E-state index contributed by atoms with van der Waals surface area (Å²) in [6.07, 6.45) is 11.4. The second-order valence-corrected chi connectivity index (χ2v) is 8.99. The monoisotopic (exact) mass is 378 g/mol. The summed E-state index contributed by atoms with van der Waals surface area (Å²) in [7, 11) is 0. The number of carbonyl (C=O) groups is 1. The molecule has 144 valence electrons. The van der Waals surface area contributed by atoms with Crippen molar-refractivity contribution in [3.8, 4) is 0 Å². The molecule has 0 spiro atoms. The molecule has 4 aliphatic carbocycles. The molecule has 1 unspecified atom stereocenters. The number of hydrogen-bond donors (Lipinski definition) is 2. The molecule has 2 heterocycles. The van der Waals surface area contributed by atoms with Crippen LogP contribution in [-0.2, 0) is 0 Å². The van der Waals surface area contributed by atoms with E-state index >= 15 is 0 Å². The molecule has 1 saturated heterocycles. The Morgan fingerprint density at radius 3 is 2.58 bits per heavy atom. The van der Waals surface area contributed by atoms with Gasteiger partial charge in [0.25, 0.3) is 5.91 Å². The Bertz CT molecular complexity index is 612. The molecular formula is C20H31ClN4O. The van der Waals surface area contributed by atoms with E-state index in [1.54, 1.807) is 0 Å². The maximum Gasteiger partial charge on any atom is 0.271 e. The molecule has 2 N–H and O–H groups in total. The number of hydrogen-bond acceptors (Lipinski definition) is 3. The summed E-state index contributed by atoms with van der Waals surface area (Å²) in [5, 5.41) is 11.2. The lowest BCUT2D eigenvalue weighted by Crippen LogP contribution is -2.49. The number of amides is 1. The first-order valence-electron chi connectivity index (χ1n) is 10.3. The van der Waals surface area contributed by atoms with Crippen molar-refractivity contribution in [1.82, 2.24) is 20.4 Å². The van der Waals surface area contributed by atoms with Crippen molar-refractivity contribution >= 4 is 18.3 Å². The first-order chi connectivity index (χ1) is 12.3. The van der Waals surface area contributed by atoms with Gasteiger partial charge < -0.3 is 10.6 Å². The summed E-state index contributed by atoms with van der Waals surface area (Å²) in [5.74, 6) is 4.44. The Labute approximate surface area is 162 Å². The molecule has 6 heteroatoms. The lowest BCUT2D eigenvalue weighted by Gasteiger charge is -2.54. The van der Waals surface area contributed by atoms with Gasteiger partial charge in [0.05, 0.1) is 6.04 Å². The van der Waals surface area contributed by atoms with Crippen LogP contribution in [0.5, 0.6) is 0 Å². The van der Waals surface area contributed by atoms with E-state index in [1.807, 2.05) is 16.9 Å². The van der Waals surface area contributed by atoms with Gasteiger partial charge in [-0.25, -0.2) is 0 Å². The number of carbonyl (C=O) groups excluding carboxylic acids is 1. The topological polar surface area (TPSA) is 59.0 Å². The number of aromatic nitrogens is 2. The lowest BCUT2D eigenvalue weighted by atomic mass is 9.52. The van der Waals surface area contributed by atoms with Crippen LogP contribution in [0.2, 0.25) is 0 Å². The van der Waals surface area contributed by atoms with E-state index in [9.17, 15) is 4.79 Å². The summed E-state index contributed by atoms with van der Waals surface area (Å²) in [5.41, 5.74) is 0.578. The second kappa shape index (κ2) is 7.51. The number of halogens is 1. The van der Waals surface area contributed by atoms with Crippen LogP contribution in [0.3, 0.4) is 0 Å². The molecular weight excluding hydrogens is 348 g/mol. The molecule has 1 aromatic heterocycles. The summed E-state index contributed by atoms with van der Waals surface area (Å²) in [6.45, 7) is 2.90. The summed E-state index contributed by atoms with van der Waals surface area (Å²) < 4.78 is 1.98. The highest BCUT2D eigenvalue weighted by Gasteiger charge is 2.47. The highest BCUT2D eigenvalue weighted by molar-refractivity contribution is 5.92. The van der Waals surface area contributed by atoms with Crippen molar-refractivity contribution < 1.29 is 4.79 Å². The fourth-order valence-electron chi connectivity index (χ4n) is 6.39. The van der Waals surface area contributed by atoms with E-state index in [1.165, 1.54) is 38.5 Å². The first kappa shape index (κ1) is 18.3. The highest BCUT2D eigenvalue weighted by Crippen LogP contribution is 2.56. The third-order valence-electron chi connectivity index (χ3n) is 7.41. The number of nitrogens with zero attached hydrogens (tertiary/aromatic N) is 2. The molecule has 5 aliphatic rings. The Morgan fingerprint density at radius 2 is 1.92 bits per heavy atom. The zero-order chi connectivity index (χ0) is 16.8. The normalized spacial score (nSPS) is 38.0. The Balaban J connectivity index is 0.00000168. The largest absolute Gasteiger partial charge is 0.350 e. The maximum absolute atomic E-state index is 12.6. The van der Waals surface area contributed by atoms with Gasteiger partial charge >= 0.3 is 0 Å². The van der Waals surface area contributed by atoms with E-state index in [4.69, 9.17) is 0 Å². The van der Waals surface area contributed by atoms with E-state index < -0.39 is 0 Å². The molecule has 6 rings (SSSR count). The summed E-state index contributed by atoms with van der Waals surface area (Å²) in [6, 6.07) is 2.26. The van der Waals surface area contributed by atoms with Crippen molar-refractivity contribution in [2.75, 3.05) is 19.6 Å². The van der Waals surface area contributed by atoms with Crippen LogP contribution in [0, 0.1) is 29.6 Å². The van der Waals surface area contributed by atoms with Crippen molar-refractivity contribution in [2.45, 2.75) is 51.0 Å². The minimum absolute atomic E-state index is 0. The number of nitrogens with one attached hydrogen (secondary N) is 2. The Hall–Kier alpha value is -1.07. The van der Waals surface area contributed by atoms with Crippen LogP contribution in [-0.4, -0.2) is 35.3 Å². The van der Waals surface area contributed by atoms with E-state index in [2.05, 4.69) is 15.7 Å². The van der Waals surface area contributed by atoms with Crippen LogP contribution in [0.15, 0.2) is 12.3 Å². The molecule has 1 aromatic rings.